The molecule has 3 heterocycles. The third-order valence-electron chi connectivity index (χ3n) is 4.83. The fourth-order valence-electron chi connectivity index (χ4n) is 3.38. The van der Waals surface area contributed by atoms with Gasteiger partial charge < -0.3 is 19.5 Å². The maximum Gasteiger partial charge on any atom is 0.247 e. The first-order valence-electron chi connectivity index (χ1n) is 9.17. The van der Waals surface area contributed by atoms with Crippen molar-refractivity contribution in [3.63, 3.8) is 0 Å². The second kappa shape index (κ2) is 8.22. The molecular weight excluding hydrogens is 394 g/mol. The fourth-order valence-corrected chi connectivity index (χ4v) is 4.48. The van der Waals surface area contributed by atoms with Gasteiger partial charge in [0.15, 0.2) is 0 Å². The number of aromatic carboxylic acids is 1. The van der Waals surface area contributed by atoms with Crippen LogP contribution in [0.2, 0.25) is 0 Å². The molecule has 2 aliphatic rings. The maximum atomic E-state index is 12.9. The highest BCUT2D eigenvalue weighted by molar-refractivity contribution is 8.00. The van der Waals surface area contributed by atoms with Gasteiger partial charge in [0.25, 0.3) is 0 Å². The molecule has 8 nitrogen and oxygen atoms in total. The van der Waals surface area contributed by atoms with Crippen LogP contribution in [0, 0.1) is 0 Å². The lowest BCUT2D eigenvalue weighted by molar-refractivity contribution is -0.255. The summed E-state index contributed by atoms with van der Waals surface area (Å²) in [5.41, 5.74) is 1.42. The maximum absolute atomic E-state index is 12.9. The number of carbonyl (C=O) groups is 3. The number of pyridine rings is 1. The van der Waals surface area contributed by atoms with Crippen molar-refractivity contribution in [2.45, 2.75) is 16.7 Å². The molecule has 1 atom stereocenters. The standard InChI is InChI=1S/C20H19N3O5S/c24-17-12-16(29-18-15(20(26)27)2-1-7-21-18)19(25)23(17)14-5-3-13(4-6-14)22-8-10-28-11-9-22/h1-7,16H,8-12H2,(H,26,27)/p-1/t16-/m0/s1. The Hall–Kier alpha value is -2.91. The molecule has 2 fully saturated rings. The van der Waals surface area contributed by atoms with Crippen molar-refractivity contribution in [2.75, 3.05) is 36.1 Å². The molecule has 2 saturated heterocycles. The second-order valence-electron chi connectivity index (χ2n) is 6.64. The van der Waals surface area contributed by atoms with E-state index < -0.39 is 11.2 Å². The summed E-state index contributed by atoms with van der Waals surface area (Å²) >= 11 is 0.976. The number of hydrogen-bond acceptors (Lipinski definition) is 8. The molecule has 0 radical (unpaired) electrons. The number of thioether (sulfide) groups is 1. The first kappa shape index (κ1) is 19.4. The van der Waals surface area contributed by atoms with E-state index in [0.29, 0.717) is 18.9 Å². The number of ether oxygens (including phenoxy) is 1. The Morgan fingerprint density at radius 1 is 1.10 bits per heavy atom. The van der Waals surface area contributed by atoms with Crippen LogP contribution in [0.1, 0.15) is 16.8 Å². The van der Waals surface area contributed by atoms with E-state index in [4.69, 9.17) is 4.74 Å². The van der Waals surface area contributed by atoms with Crippen LogP contribution in [0.4, 0.5) is 11.4 Å². The van der Waals surface area contributed by atoms with Gasteiger partial charge in [0.05, 0.1) is 30.1 Å². The van der Waals surface area contributed by atoms with Gasteiger partial charge in [-0.25, -0.2) is 9.88 Å². The minimum Gasteiger partial charge on any atom is -0.545 e. The van der Waals surface area contributed by atoms with Crippen LogP contribution in [0.25, 0.3) is 0 Å². The van der Waals surface area contributed by atoms with Crippen LogP contribution in [-0.2, 0) is 14.3 Å². The molecule has 0 unspecified atom stereocenters. The zero-order valence-corrected chi connectivity index (χ0v) is 16.3. The molecular formula is C20H18N3O5S-. The van der Waals surface area contributed by atoms with Crippen molar-refractivity contribution in [2.24, 2.45) is 0 Å². The molecule has 1 aromatic carbocycles. The monoisotopic (exact) mass is 412 g/mol. The second-order valence-corrected chi connectivity index (χ2v) is 7.83. The number of amides is 2. The summed E-state index contributed by atoms with van der Waals surface area (Å²) in [6, 6.07) is 10.1. The predicted molar refractivity (Wildman–Crippen MR) is 105 cm³/mol. The summed E-state index contributed by atoms with van der Waals surface area (Å²) < 4.78 is 5.35. The van der Waals surface area contributed by atoms with Crippen molar-refractivity contribution in [3.8, 4) is 0 Å². The molecule has 0 bridgehead atoms. The Morgan fingerprint density at radius 3 is 2.48 bits per heavy atom. The first-order valence-corrected chi connectivity index (χ1v) is 10.0. The quantitative estimate of drug-likeness (QED) is 0.662. The summed E-state index contributed by atoms with van der Waals surface area (Å²) in [4.78, 5) is 44.0. The third-order valence-corrected chi connectivity index (χ3v) is 6.04. The lowest BCUT2D eigenvalue weighted by Gasteiger charge is -2.29. The molecule has 2 aromatic rings. The number of carboxylic acids is 1. The normalized spacial score (nSPS) is 19.7. The Labute approximate surface area is 171 Å². The van der Waals surface area contributed by atoms with Gasteiger partial charge in [-0.3, -0.25) is 9.59 Å². The highest BCUT2D eigenvalue weighted by atomic mass is 32.2. The van der Waals surface area contributed by atoms with Gasteiger partial charge in [0.1, 0.15) is 5.03 Å². The number of rotatable bonds is 5. The van der Waals surface area contributed by atoms with E-state index in [1.807, 2.05) is 12.1 Å². The molecule has 1 aromatic heterocycles. The van der Waals surface area contributed by atoms with E-state index in [0.717, 1.165) is 35.4 Å². The van der Waals surface area contributed by atoms with Crippen LogP contribution in [0.3, 0.4) is 0 Å². The summed E-state index contributed by atoms with van der Waals surface area (Å²) in [7, 11) is 0. The van der Waals surface area contributed by atoms with E-state index in [-0.39, 0.29) is 28.8 Å². The van der Waals surface area contributed by atoms with E-state index >= 15 is 0 Å². The minimum atomic E-state index is -1.37. The number of hydrogen-bond donors (Lipinski definition) is 0. The minimum absolute atomic E-state index is 0.0161. The zero-order chi connectivity index (χ0) is 20.4. The van der Waals surface area contributed by atoms with Crippen molar-refractivity contribution in [1.29, 1.82) is 0 Å². The van der Waals surface area contributed by atoms with Crippen LogP contribution in [0.15, 0.2) is 47.6 Å². The van der Waals surface area contributed by atoms with Crippen LogP contribution in [-0.4, -0.2) is 54.3 Å². The van der Waals surface area contributed by atoms with E-state index in [1.54, 1.807) is 12.1 Å². The molecule has 9 heteroatoms. The van der Waals surface area contributed by atoms with Gasteiger partial charge in [0.2, 0.25) is 11.8 Å². The van der Waals surface area contributed by atoms with Gasteiger partial charge in [-0.1, -0.05) is 11.8 Å². The summed E-state index contributed by atoms with van der Waals surface area (Å²) in [5.74, 6) is -2.07. The number of carbonyl (C=O) groups excluding carboxylic acids is 3. The predicted octanol–water partition coefficient (Wildman–Crippen LogP) is 0.706. The van der Waals surface area contributed by atoms with Gasteiger partial charge in [-0.15, -0.1) is 0 Å². The number of benzene rings is 1. The number of aromatic nitrogens is 1. The molecule has 29 heavy (non-hydrogen) atoms. The highest BCUT2D eigenvalue weighted by Crippen LogP contribution is 2.35. The van der Waals surface area contributed by atoms with E-state index in [2.05, 4.69) is 9.88 Å². The van der Waals surface area contributed by atoms with Crippen molar-refractivity contribution >= 4 is 40.9 Å². The lowest BCUT2D eigenvalue weighted by atomic mass is 10.2. The van der Waals surface area contributed by atoms with Gasteiger partial charge in [0, 0.05) is 37.0 Å². The molecule has 4 rings (SSSR count). The van der Waals surface area contributed by atoms with Crippen LogP contribution < -0.4 is 14.9 Å². The van der Waals surface area contributed by atoms with E-state index in [9.17, 15) is 19.5 Å². The highest BCUT2D eigenvalue weighted by Gasteiger charge is 2.40. The molecule has 0 aliphatic carbocycles. The largest absolute Gasteiger partial charge is 0.545 e. The first-order chi connectivity index (χ1) is 14.0. The Bertz CT molecular complexity index is 943. The number of morpholine rings is 1. The molecule has 150 valence electrons. The van der Waals surface area contributed by atoms with Crippen molar-refractivity contribution in [1.82, 2.24) is 4.98 Å². The SMILES string of the molecule is O=C([O-])c1cccnc1S[C@H]1CC(=O)N(c2ccc(N3CCOCC3)cc2)C1=O. The Balaban J connectivity index is 1.50. The average molecular weight is 412 g/mol. The Morgan fingerprint density at radius 2 is 1.79 bits per heavy atom. The summed E-state index contributed by atoms with van der Waals surface area (Å²) in [6.07, 6.45) is 1.43. The van der Waals surface area contributed by atoms with Crippen molar-refractivity contribution in [3.05, 3.63) is 48.2 Å². The number of nitrogens with zero attached hydrogens (tertiary/aromatic N) is 3. The average Bonchev–Trinajstić information content (AvgIpc) is 3.02. The molecule has 0 saturated carbocycles. The number of imide groups is 1. The third kappa shape index (κ3) is 3.96. The van der Waals surface area contributed by atoms with Crippen LogP contribution >= 0.6 is 11.8 Å². The Kier molecular flexibility index (Phi) is 5.50. The van der Waals surface area contributed by atoms with Gasteiger partial charge in [-0.05, 0) is 36.4 Å². The molecule has 0 N–H and O–H groups in total. The van der Waals surface area contributed by atoms with Crippen molar-refractivity contribution < 1.29 is 24.2 Å². The molecule has 0 spiro atoms. The summed E-state index contributed by atoms with van der Waals surface area (Å²) in [6.45, 7) is 2.94. The molecule has 2 aliphatic heterocycles. The number of anilines is 2. The fraction of sp³-hybridized carbons (Fsp3) is 0.300. The lowest BCUT2D eigenvalue weighted by Crippen LogP contribution is -2.36. The summed E-state index contributed by atoms with van der Waals surface area (Å²) in [5, 5.41) is 10.7. The van der Waals surface area contributed by atoms with Gasteiger partial charge in [-0.2, -0.15) is 0 Å². The van der Waals surface area contributed by atoms with Crippen LogP contribution in [0.5, 0.6) is 0 Å². The van der Waals surface area contributed by atoms with Gasteiger partial charge >= 0.3 is 0 Å². The topological polar surface area (TPSA) is 103 Å². The zero-order valence-electron chi connectivity index (χ0n) is 15.4. The van der Waals surface area contributed by atoms with E-state index in [1.165, 1.54) is 18.3 Å². The molecule has 2 amide bonds. The number of carboxylic acid groups (broad SMARTS) is 1. The smallest absolute Gasteiger partial charge is 0.247 e.